The van der Waals surface area contributed by atoms with Crippen molar-refractivity contribution in [1.29, 1.82) is 0 Å². The maximum atomic E-state index is 8.80. The molecule has 0 spiro atoms. The zero-order chi connectivity index (χ0) is 8.55. The Morgan fingerprint density at radius 2 is 2.08 bits per heavy atom. The van der Waals surface area contributed by atoms with E-state index in [1.165, 1.54) is 6.20 Å². The molecule has 68 valence electrons. The number of hydrogen-bond donors (Lipinski definition) is 2. The lowest BCUT2D eigenvalue weighted by Gasteiger charge is -1.98. The van der Waals surface area contributed by atoms with Gasteiger partial charge in [0.2, 0.25) is 5.78 Å². The topological polar surface area (TPSA) is 70.7 Å². The highest BCUT2D eigenvalue weighted by atomic mass is 35.5. The van der Waals surface area contributed by atoms with Crippen LogP contribution in [0.2, 0.25) is 0 Å². The van der Waals surface area contributed by atoms with Crippen molar-refractivity contribution in [3.8, 4) is 0 Å². The van der Waals surface area contributed by atoms with E-state index in [4.69, 9.17) is 10.0 Å². The fourth-order valence-corrected chi connectivity index (χ4v) is 0.965. The zero-order valence-electron chi connectivity index (χ0n) is 6.53. The van der Waals surface area contributed by atoms with Crippen molar-refractivity contribution in [1.82, 2.24) is 14.4 Å². The van der Waals surface area contributed by atoms with Crippen LogP contribution in [0, 0.1) is 0 Å². The van der Waals surface area contributed by atoms with Gasteiger partial charge in [-0.1, -0.05) is 0 Å². The van der Waals surface area contributed by atoms with Gasteiger partial charge in [0.1, 0.15) is 0 Å². The highest BCUT2D eigenvalue weighted by molar-refractivity contribution is 6.58. The Morgan fingerprint density at radius 3 is 2.77 bits per heavy atom. The summed E-state index contributed by atoms with van der Waals surface area (Å²) < 4.78 is 1.62. The highest BCUT2D eigenvalue weighted by Crippen LogP contribution is 1.92. The van der Waals surface area contributed by atoms with Crippen LogP contribution in [0.3, 0.4) is 0 Å². The fourth-order valence-electron chi connectivity index (χ4n) is 0.965. The summed E-state index contributed by atoms with van der Waals surface area (Å²) >= 11 is 0. The Kier molecular flexibility index (Phi) is 2.87. The summed E-state index contributed by atoms with van der Waals surface area (Å²) in [4.78, 5) is 7.80. The van der Waals surface area contributed by atoms with Gasteiger partial charge in [-0.3, -0.25) is 4.40 Å². The van der Waals surface area contributed by atoms with Crippen LogP contribution < -0.4 is 5.46 Å². The van der Waals surface area contributed by atoms with Crippen molar-refractivity contribution in [3.05, 3.63) is 24.8 Å². The number of rotatable bonds is 1. The van der Waals surface area contributed by atoms with E-state index < -0.39 is 7.12 Å². The molecule has 0 aliphatic rings. The van der Waals surface area contributed by atoms with Gasteiger partial charge in [0, 0.05) is 30.3 Å². The average Bonchev–Trinajstić information content (AvgIpc) is 2.49. The van der Waals surface area contributed by atoms with Gasteiger partial charge in [0.25, 0.3) is 0 Å². The zero-order valence-corrected chi connectivity index (χ0v) is 7.35. The summed E-state index contributed by atoms with van der Waals surface area (Å²) in [6, 6.07) is 0. The number of aromatic nitrogens is 3. The first-order valence-corrected chi connectivity index (χ1v) is 3.42. The van der Waals surface area contributed by atoms with Crippen LogP contribution >= 0.6 is 12.4 Å². The van der Waals surface area contributed by atoms with Crippen molar-refractivity contribution < 1.29 is 10.0 Å². The SMILES string of the molecule is Cl.OB(O)c1cnc2nccn2c1. The molecule has 13 heavy (non-hydrogen) atoms. The lowest BCUT2D eigenvalue weighted by molar-refractivity contribution is 0.425. The van der Waals surface area contributed by atoms with E-state index >= 15 is 0 Å². The third kappa shape index (κ3) is 1.80. The molecule has 2 aromatic rings. The van der Waals surface area contributed by atoms with E-state index in [0.29, 0.717) is 11.2 Å². The second kappa shape index (κ2) is 3.74. The smallest absolute Gasteiger partial charge is 0.423 e. The molecule has 2 N–H and O–H groups in total. The predicted molar refractivity (Wildman–Crippen MR) is 50.1 cm³/mol. The van der Waals surface area contributed by atoms with Gasteiger partial charge in [-0.05, 0) is 0 Å². The molecule has 0 aromatic carbocycles. The standard InChI is InChI=1S/C6H6BN3O2.ClH/c11-7(12)5-3-9-6-8-1-2-10(6)4-5;/h1-4,11-12H;1H. The molecule has 2 rings (SSSR count). The summed E-state index contributed by atoms with van der Waals surface area (Å²) in [5.41, 5.74) is 0.348. The number of imidazole rings is 1. The van der Waals surface area contributed by atoms with E-state index in [1.807, 2.05) is 0 Å². The second-order valence-electron chi connectivity index (χ2n) is 2.40. The first kappa shape index (κ1) is 9.98. The van der Waals surface area contributed by atoms with Gasteiger partial charge in [-0.15, -0.1) is 12.4 Å². The Balaban J connectivity index is 0.000000845. The summed E-state index contributed by atoms with van der Waals surface area (Å²) in [6.45, 7) is 0. The van der Waals surface area contributed by atoms with Crippen LogP contribution in [0.4, 0.5) is 0 Å². The highest BCUT2D eigenvalue weighted by Gasteiger charge is 2.11. The van der Waals surface area contributed by atoms with Crippen LogP contribution in [0.15, 0.2) is 24.8 Å². The van der Waals surface area contributed by atoms with E-state index in [2.05, 4.69) is 9.97 Å². The van der Waals surface area contributed by atoms with Crippen LogP contribution in [0.1, 0.15) is 0 Å². The minimum atomic E-state index is -1.48. The van der Waals surface area contributed by atoms with Crippen LogP contribution in [-0.4, -0.2) is 31.5 Å². The van der Waals surface area contributed by atoms with Gasteiger partial charge < -0.3 is 10.0 Å². The van der Waals surface area contributed by atoms with Crippen molar-refractivity contribution in [2.24, 2.45) is 0 Å². The molecule has 5 nitrogen and oxygen atoms in total. The minimum Gasteiger partial charge on any atom is -0.423 e. The molecule has 0 saturated heterocycles. The lowest BCUT2D eigenvalue weighted by atomic mass is 9.83. The van der Waals surface area contributed by atoms with E-state index in [-0.39, 0.29) is 12.4 Å². The molecule has 0 radical (unpaired) electrons. The molecule has 2 heterocycles. The predicted octanol–water partition coefficient (Wildman–Crippen LogP) is -1.17. The molecule has 0 atom stereocenters. The maximum absolute atomic E-state index is 8.80. The molecule has 0 fully saturated rings. The molecule has 0 aliphatic heterocycles. The van der Waals surface area contributed by atoms with Crippen molar-refractivity contribution in [3.63, 3.8) is 0 Å². The molecule has 0 saturated carbocycles. The Hall–Kier alpha value is -1.11. The summed E-state index contributed by atoms with van der Waals surface area (Å²) in [7, 11) is -1.48. The summed E-state index contributed by atoms with van der Waals surface area (Å²) in [6.07, 6.45) is 6.23. The first-order valence-electron chi connectivity index (χ1n) is 3.42. The maximum Gasteiger partial charge on any atom is 0.491 e. The molecule has 0 unspecified atom stereocenters. The number of fused-ring (bicyclic) bond motifs is 1. The van der Waals surface area contributed by atoms with Crippen molar-refractivity contribution >= 4 is 30.8 Å². The lowest BCUT2D eigenvalue weighted by Crippen LogP contribution is -2.31. The molecular weight excluding hydrogens is 192 g/mol. The van der Waals surface area contributed by atoms with Gasteiger partial charge in [-0.2, -0.15) is 0 Å². The van der Waals surface area contributed by atoms with Gasteiger partial charge in [-0.25, -0.2) is 9.97 Å². The van der Waals surface area contributed by atoms with Crippen molar-refractivity contribution in [2.75, 3.05) is 0 Å². The van der Waals surface area contributed by atoms with Gasteiger partial charge in [0.05, 0.1) is 0 Å². The molecular formula is C6H7BClN3O2. The normalized spacial score (nSPS) is 9.69. The van der Waals surface area contributed by atoms with Gasteiger partial charge >= 0.3 is 7.12 Å². The third-order valence-corrected chi connectivity index (χ3v) is 1.56. The Bertz CT molecular complexity index is 405. The first-order chi connectivity index (χ1) is 5.77. The summed E-state index contributed by atoms with van der Waals surface area (Å²) in [5.74, 6) is 0.541. The Morgan fingerprint density at radius 1 is 1.31 bits per heavy atom. The molecule has 0 aliphatic carbocycles. The Labute approximate surface area is 80.6 Å². The van der Waals surface area contributed by atoms with E-state index in [9.17, 15) is 0 Å². The number of nitrogens with zero attached hydrogens (tertiary/aromatic N) is 3. The largest absolute Gasteiger partial charge is 0.491 e. The number of halogens is 1. The molecule has 2 aromatic heterocycles. The van der Waals surface area contributed by atoms with Crippen molar-refractivity contribution in [2.45, 2.75) is 0 Å². The molecule has 0 amide bonds. The fraction of sp³-hybridized carbons (Fsp3) is 0. The van der Waals surface area contributed by atoms with E-state index in [1.54, 1.807) is 23.0 Å². The van der Waals surface area contributed by atoms with Crippen LogP contribution in [0.5, 0.6) is 0 Å². The van der Waals surface area contributed by atoms with Crippen LogP contribution in [0.25, 0.3) is 5.78 Å². The second-order valence-corrected chi connectivity index (χ2v) is 2.40. The molecule has 0 bridgehead atoms. The quantitative estimate of drug-likeness (QED) is 0.568. The number of hydrogen-bond acceptors (Lipinski definition) is 4. The van der Waals surface area contributed by atoms with Crippen LogP contribution in [-0.2, 0) is 0 Å². The van der Waals surface area contributed by atoms with Gasteiger partial charge in [0.15, 0.2) is 0 Å². The molecule has 7 heteroatoms. The minimum absolute atomic E-state index is 0. The summed E-state index contributed by atoms with van der Waals surface area (Å²) in [5, 5.41) is 17.6. The monoisotopic (exact) mass is 199 g/mol. The van der Waals surface area contributed by atoms with E-state index in [0.717, 1.165) is 0 Å². The third-order valence-electron chi connectivity index (χ3n) is 1.56. The average molecular weight is 199 g/mol.